The minimum Gasteiger partial charge on any atom is -0.351 e. The Labute approximate surface area is 110 Å². The summed E-state index contributed by atoms with van der Waals surface area (Å²) in [6.07, 6.45) is 1.70. The second kappa shape index (κ2) is 8.45. The monoisotopic (exact) mass is 258 g/mol. The number of amides is 1. The maximum atomic E-state index is 12.0. The van der Waals surface area contributed by atoms with Gasteiger partial charge in [0.1, 0.15) is 0 Å². The van der Waals surface area contributed by atoms with E-state index < -0.39 is 0 Å². The standard InChI is InChI=1S/C13H26N2O3/c1-4-17-12(18-5-2)9-15-13(16)11-8-10(3)6-7-14-11/h10-12,14H,4-9H2,1-3H3,(H,15,16). The van der Waals surface area contributed by atoms with Crippen LogP contribution in [-0.4, -0.2) is 44.5 Å². The first-order valence-corrected chi connectivity index (χ1v) is 6.91. The molecule has 1 rings (SSSR count). The van der Waals surface area contributed by atoms with Crippen LogP contribution in [0, 0.1) is 5.92 Å². The lowest BCUT2D eigenvalue weighted by atomic mass is 9.94. The molecule has 2 atom stereocenters. The first-order chi connectivity index (χ1) is 8.67. The number of nitrogens with one attached hydrogen (secondary N) is 2. The van der Waals surface area contributed by atoms with Gasteiger partial charge in [0.15, 0.2) is 6.29 Å². The smallest absolute Gasteiger partial charge is 0.237 e. The fraction of sp³-hybridized carbons (Fsp3) is 0.923. The zero-order chi connectivity index (χ0) is 13.4. The van der Waals surface area contributed by atoms with Gasteiger partial charge in [0, 0.05) is 13.2 Å². The van der Waals surface area contributed by atoms with Crippen molar-refractivity contribution in [1.29, 1.82) is 0 Å². The molecule has 0 aromatic heterocycles. The molecule has 5 nitrogen and oxygen atoms in total. The lowest BCUT2D eigenvalue weighted by Crippen LogP contribution is -2.50. The van der Waals surface area contributed by atoms with Crippen molar-refractivity contribution in [3.63, 3.8) is 0 Å². The van der Waals surface area contributed by atoms with Crippen molar-refractivity contribution in [3.8, 4) is 0 Å². The van der Waals surface area contributed by atoms with Crippen molar-refractivity contribution < 1.29 is 14.3 Å². The van der Waals surface area contributed by atoms with Crippen LogP contribution < -0.4 is 10.6 Å². The predicted octanol–water partition coefficient (Wildman–Crippen LogP) is 0.890. The molecule has 0 spiro atoms. The van der Waals surface area contributed by atoms with Crippen molar-refractivity contribution in [2.75, 3.05) is 26.3 Å². The van der Waals surface area contributed by atoms with Gasteiger partial charge in [0.2, 0.25) is 5.91 Å². The van der Waals surface area contributed by atoms with Crippen molar-refractivity contribution in [2.24, 2.45) is 5.92 Å². The van der Waals surface area contributed by atoms with E-state index in [1.165, 1.54) is 0 Å². The maximum Gasteiger partial charge on any atom is 0.237 e. The number of carbonyl (C=O) groups excluding carboxylic acids is 1. The number of piperidine rings is 1. The minimum absolute atomic E-state index is 0.0472. The van der Waals surface area contributed by atoms with Gasteiger partial charge >= 0.3 is 0 Å². The maximum absolute atomic E-state index is 12.0. The molecular weight excluding hydrogens is 232 g/mol. The first-order valence-electron chi connectivity index (χ1n) is 6.91. The summed E-state index contributed by atoms with van der Waals surface area (Å²) in [7, 11) is 0. The van der Waals surface area contributed by atoms with Crippen molar-refractivity contribution >= 4 is 5.91 Å². The summed E-state index contributed by atoms with van der Waals surface area (Å²) in [6.45, 7) is 8.51. The van der Waals surface area contributed by atoms with E-state index in [9.17, 15) is 4.79 Å². The second-order valence-corrected chi connectivity index (χ2v) is 4.72. The summed E-state index contributed by atoms with van der Waals surface area (Å²) < 4.78 is 10.8. The van der Waals surface area contributed by atoms with E-state index in [0.717, 1.165) is 19.4 Å². The van der Waals surface area contributed by atoms with Crippen LogP contribution in [0.25, 0.3) is 0 Å². The fourth-order valence-corrected chi connectivity index (χ4v) is 2.15. The van der Waals surface area contributed by atoms with E-state index in [2.05, 4.69) is 17.6 Å². The number of hydrogen-bond acceptors (Lipinski definition) is 4. The van der Waals surface area contributed by atoms with Crippen LogP contribution >= 0.6 is 0 Å². The molecular formula is C13H26N2O3. The highest BCUT2D eigenvalue weighted by atomic mass is 16.7. The largest absolute Gasteiger partial charge is 0.351 e. The van der Waals surface area contributed by atoms with Gasteiger partial charge < -0.3 is 20.1 Å². The first kappa shape index (κ1) is 15.4. The average Bonchev–Trinajstić information content (AvgIpc) is 2.36. The number of ether oxygens (including phenoxy) is 2. The molecule has 18 heavy (non-hydrogen) atoms. The van der Waals surface area contributed by atoms with Gasteiger partial charge in [0.05, 0.1) is 12.6 Å². The van der Waals surface area contributed by atoms with Crippen molar-refractivity contribution in [2.45, 2.75) is 45.9 Å². The molecule has 0 bridgehead atoms. The quantitative estimate of drug-likeness (QED) is 0.666. The molecule has 106 valence electrons. The Balaban J connectivity index is 2.29. The zero-order valence-electron chi connectivity index (χ0n) is 11.7. The normalized spacial score (nSPS) is 24.2. The minimum atomic E-state index is -0.343. The number of rotatable bonds is 7. The summed E-state index contributed by atoms with van der Waals surface area (Å²) in [4.78, 5) is 12.0. The van der Waals surface area contributed by atoms with E-state index in [-0.39, 0.29) is 18.2 Å². The van der Waals surface area contributed by atoms with Gasteiger partial charge in [-0.3, -0.25) is 4.79 Å². The van der Waals surface area contributed by atoms with E-state index >= 15 is 0 Å². The summed E-state index contributed by atoms with van der Waals surface area (Å²) in [5.74, 6) is 0.655. The molecule has 2 N–H and O–H groups in total. The molecule has 1 amide bonds. The zero-order valence-corrected chi connectivity index (χ0v) is 11.7. The predicted molar refractivity (Wildman–Crippen MR) is 70.2 cm³/mol. The molecule has 0 radical (unpaired) electrons. The van der Waals surface area contributed by atoms with Gasteiger partial charge in [-0.1, -0.05) is 6.92 Å². The summed E-state index contributed by atoms with van der Waals surface area (Å²) >= 11 is 0. The van der Waals surface area contributed by atoms with Crippen LogP contribution in [0.1, 0.15) is 33.6 Å². The average molecular weight is 258 g/mol. The summed E-state index contributed by atoms with van der Waals surface area (Å²) in [6, 6.07) is -0.0716. The molecule has 1 aliphatic rings. The van der Waals surface area contributed by atoms with Crippen LogP contribution in [-0.2, 0) is 14.3 Å². The highest BCUT2D eigenvalue weighted by molar-refractivity contribution is 5.81. The third-order valence-corrected chi connectivity index (χ3v) is 3.13. The lowest BCUT2D eigenvalue weighted by Gasteiger charge is -2.27. The molecule has 0 aromatic carbocycles. The van der Waals surface area contributed by atoms with Crippen molar-refractivity contribution in [3.05, 3.63) is 0 Å². The molecule has 1 aliphatic heterocycles. The molecule has 1 fully saturated rings. The van der Waals surface area contributed by atoms with Gasteiger partial charge in [0.25, 0.3) is 0 Å². The molecule has 5 heteroatoms. The SMILES string of the molecule is CCOC(CNC(=O)C1CC(C)CCN1)OCC. The second-order valence-electron chi connectivity index (χ2n) is 4.72. The Bertz CT molecular complexity index is 242. The molecule has 0 saturated carbocycles. The van der Waals surface area contributed by atoms with Crippen LogP contribution in [0.5, 0.6) is 0 Å². The Morgan fingerprint density at radius 2 is 2.06 bits per heavy atom. The van der Waals surface area contributed by atoms with Crippen molar-refractivity contribution in [1.82, 2.24) is 10.6 Å². The highest BCUT2D eigenvalue weighted by Gasteiger charge is 2.24. The Morgan fingerprint density at radius 3 is 2.61 bits per heavy atom. The van der Waals surface area contributed by atoms with Gasteiger partial charge in [-0.15, -0.1) is 0 Å². The Kier molecular flexibility index (Phi) is 7.23. The topological polar surface area (TPSA) is 59.6 Å². The summed E-state index contributed by atoms with van der Waals surface area (Å²) in [5, 5.41) is 6.13. The third kappa shape index (κ3) is 5.33. The molecule has 0 aromatic rings. The van der Waals surface area contributed by atoms with E-state index in [1.54, 1.807) is 0 Å². The fourth-order valence-electron chi connectivity index (χ4n) is 2.15. The van der Waals surface area contributed by atoms with E-state index in [4.69, 9.17) is 9.47 Å². The molecule has 0 aliphatic carbocycles. The lowest BCUT2D eigenvalue weighted by molar-refractivity contribution is -0.141. The molecule has 1 saturated heterocycles. The van der Waals surface area contributed by atoms with Crippen LogP contribution in [0.2, 0.25) is 0 Å². The van der Waals surface area contributed by atoms with Crippen LogP contribution in [0.4, 0.5) is 0 Å². The van der Waals surface area contributed by atoms with Gasteiger partial charge in [-0.25, -0.2) is 0 Å². The highest BCUT2D eigenvalue weighted by Crippen LogP contribution is 2.14. The van der Waals surface area contributed by atoms with E-state index in [1.807, 2.05) is 13.8 Å². The van der Waals surface area contributed by atoms with E-state index in [0.29, 0.717) is 25.7 Å². The van der Waals surface area contributed by atoms with Crippen LogP contribution in [0.15, 0.2) is 0 Å². The van der Waals surface area contributed by atoms with Crippen LogP contribution in [0.3, 0.4) is 0 Å². The number of hydrogen-bond donors (Lipinski definition) is 2. The van der Waals surface area contributed by atoms with Gasteiger partial charge in [-0.2, -0.15) is 0 Å². The number of carbonyl (C=O) groups is 1. The molecule has 1 heterocycles. The Hall–Kier alpha value is -0.650. The Morgan fingerprint density at radius 1 is 1.39 bits per heavy atom. The molecule has 2 unspecified atom stereocenters. The summed E-state index contributed by atoms with van der Waals surface area (Å²) in [5.41, 5.74) is 0. The van der Waals surface area contributed by atoms with Gasteiger partial charge in [-0.05, 0) is 39.2 Å². The third-order valence-electron chi connectivity index (χ3n) is 3.13.